The molecule has 0 bridgehead atoms. The van der Waals surface area contributed by atoms with Crippen molar-refractivity contribution in [2.45, 2.75) is 57.1 Å². The molecule has 5 N–H and O–H groups in total. The summed E-state index contributed by atoms with van der Waals surface area (Å²) in [7, 11) is 0. The molecule has 4 aromatic rings. The molecule has 2 aliphatic heterocycles. The van der Waals surface area contributed by atoms with Crippen LogP contribution in [0, 0.1) is 0 Å². The molecular formula is C40H44Cl2N4O8. The van der Waals surface area contributed by atoms with E-state index in [2.05, 4.69) is 32.2 Å². The van der Waals surface area contributed by atoms with Gasteiger partial charge in [0.15, 0.2) is 5.60 Å². The van der Waals surface area contributed by atoms with E-state index in [1.807, 2.05) is 30.3 Å². The highest BCUT2D eigenvalue weighted by Crippen LogP contribution is 2.41. The number of nitrogens with zero attached hydrogens (tertiary/aromatic N) is 3. The molecule has 0 aliphatic carbocycles. The number of aromatic nitrogens is 1. The van der Waals surface area contributed by atoms with Crippen molar-refractivity contribution in [1.29, 1.82) is 0 Å². The molecule has 0 radical (unpaired) electrons. The van der Waals surface area contributed by atoms with Gasteiger partial charge in [0.05, 0.1) is 16.7 Å². The highest BCUT2D eigenvalue weighted by molar-refractivity contribution is 6.34. The molecule has 54 heavy (non-hydrogen) atoms. The fraction of sp³-hybridized carbons (Fsp3) is 0.375. The summed E-state index contributed by atoms with van der Waals surface area (Å²) in [4.78, 5) is 31.6. The molecule has 1 fully saturated rings. The number of hydrogen-bond acceptors (Lipinski definition) is 10. The summed E-state index contributed by atoms with van der Waals surface area (Å²) in [6.07, 6.45) is 5.64. The van der Waals surface area contributed by atoms with Gasteiger partial charge in [0.1, 0.15) is 30.8 Å². The second-order valence-corrected chi connectivity index (χ2v) is 14.4. The van der Waals surface area contributed by atoms with E-state index in [0.29, 0.717) is 40.2 Å². The van der Waals surface area contributed by atoms with Crippen LogP contribution < -0.4 is 19.7 Å². The van der Waals surface area contributed by atoms with Gasteiger partial charge >= 0.3 is 11.9 Å². The number of halogens is 2. The average Bonchev–Trinajstić information content (AvgIpc) is 3.59. The number of likely N-dealkylation sites (tertiary alicyclic amines) is 1. The van der Waals surface area contributed by atoms with Crippen LogP contribution in [-0.4, -0.2) is 93.2 Å². The number of aliphatic hydroxyl groups is 2. The van der Waals surface area contributed by atoms with Crippen LogP contribution in [0.5, 0.6) is 11.5 Å². The van der Waals surface area contributed by atoms with Crippen molar-refractivity contribution in [1.82, 2.24) is 15.2 Å². The number of pyridine rings is 1. The van der Waals surface area contributed by atoms with Crippen LogP contribution in [0.25, 0.3) is 11.1 Å². The van der Waals surface area contributed by atoms with Gasteiger partial charge in [-0.15, -0.1) is 0 Å². The van der Waals surface area contributed by atoms with Crippen molar-refractivity contribution in [3.05, 3.63) is 105 Å². The van der Waals surface area contributed by atoms with Crippen molar-refractivity contribution in [2.24, 2.45) is 0 Å². The van der Waals surface area contributed by atoms with Gasteiger partial charge in [0.2, 0.25) is 0 Å². The summed E-state index contributed by atoms with van der Waals surface area (Å²) in [5, 5.41) is 42.1. The fourth-order valence-corrected chi connectivity index (χ4v) is 7.48. The van der Waals surface area contributed by atoms with Gasteiger partial charge in [-0.25, -0.2) is 4.79 Å². The van der Waals surface area contributed by atoms with E-state index >= 15 is 0 Å². The minimum absolute atomic E-state index is 0.0742. The van der Waals surface area contributed by atoms with Crippen LogP contribution >= 0.6 is 23.2 Å². The molecule has 12 nitrogen and oxygen atoms in total. The first-order valence-corrected chi connectivity index (χ1v) is 18.7. The second-order valence-electron chi connectivity index (χ2n) is 13.6. The largest absolute Gasteiger partial charge is 0.488 e. The number of carbonyl (C=O) groups is 2. The third kappa shape index (κ3) is 9.26. The monoisotopic (exact) mass is 778 g/mol. The smallest absolute Gasteiger partial charge is 0.335 e. The topological polar surface area (TPSA) is 165 Å². The van der Waals surface area contributed by atoms with Gasteiger partial charge in [-0.3, -0.25) is 15.1 Å². The molecule has 14 heteroatoms. The molecule has 286 valence electrons. The average molecular weight is 780 g/mol. The third-order valence-electron chi connectivity index (χ3n) is 10.1. The first kappa shape index (κ1) is 39.3. The maximum Gasteiger partial charge on any atom is 0.335 e. The van der Waals surface area contributed by atoms with Crippen molar-refractivity contribution < 1.29 is 39.5 Å². The molecule has 1 unspecified atom stereocenters. The summed E-state index contributed by atoms with van der Waals surface area (Å²) in [5.74, 6) is -1.53. The lowest BCUT2D eigenvalue weighted by Crippen LogP contribution is -2.49. The molecule has 3 heterocycles. The van der Waals surface area contributed by atoms with E-state index < -0.39 is 30.2 Å². The van der Waals surface area contributed by atoms with E-state index in [1.54, 1.807) is 30.6 Å². The van der Waals surface area contributed by atoms with E-state index in [4.69, 9.17) is 32.7 Å². The lowest BCUT2D eigenvalue weighted by Gasteiger charge is -2.35. The van der Waals surface area contributed by atoms with Crippen LogP contribution in [0.3, 0.4) is 0 Å². The van der Waals surface area contributed by atoms with E-state index in [9.17, 15) is 30.0 Å². The number of aliphatic carboxylic acids is 2. The summed E-state index contributed by atoms with van der Waals surface area (Å²) < 4.78 is 12.4. The number of anilines is 1. The number of benzene rings is 3. The van der Waals surface area contributed by atoms with Gasteiger partial charge in [-0.05, 0) is 61.6 Å². The van der Waals surface area contributed by atoms with Crippen molar-refractivity contribution >= 4 is 40.8 Å². The van der Waals surface area contributed by atoms with Crippen LogP contribution in [0.4, 0.5) is 5.69 Å². The molecule has 0 spiro atoms. The Hall–Kier alpha value is -4.43. The van der Waals surface area contributed by atoms with Gasteiger partial charge in [-0.1, -0.05) is 59.6 Å². The summed E-state index contributed by atoms with van der Waals surface area (Å²) in [6, 6.07) is 18.0. The summed E-state index contributed by atoms with van der Waals surface area (Å²) in [6.45, 7) is 3.55. The molecule has 1 atom stereocenters. The molecule has 1 saturated heterocycles. The molecule has 3 aromatic carbocycles. The Kier molecular flexibility index (Phi) is 12.9. The zero-order valence-electron chi connectivity index (χ0n) is 29.7. The van der Waals surface area contributed by atoms with Crippen LogP contribution in [0.15, 0.2) is 73.1 Å². The minimum Gasteiger partial charge on any atom is -0.488 e. The predicted molar refractivity (Wildman–Crippen MR) is 205 cm³/mol. The number of rotatable bonds is 17. The number of piperidine rings is 1. The maximum absolute atomic E-state index is 11.5. The Balaban J connectivity index is 1.13. The summed E-state index contributed by atoms with van der Waals surface area (Å²) in [5.41, 5.74) is 4.96. The Bertz CT molecular complexity index is 1940. The Labute approximate surface area is 323 Å². The molecular weight excluding hydrogens is 735 g/mol. The summed E-state index contributed by atoms with van der Waals surface area (Å²) >= 11 is 13.8. The Morgan fingerprint density at radius 3 is 2.39 bits per heavy atom. The molecule has 2 aliphatic rings. The molecule has 1 aromatic heterocycles. The SMILES string of the molecule is O=C(O)C(CO)NCc1cc(Cl)c(OCc2cccc(-c3cccc4c3CCN4CCCN3CCC(O)(C(=O)O)CC3)c2Cl)cc1OCc1cccnc1. The Morgan fingerprint density at radius 2 is 1.67 bits per heavy atom. The van der Waals surface area contributed by atoms with Crippen molar-refractivity contribution in [3.8, 4) is 22.6 Å². The predicted octanol–water partition coefficient (Wildman–Crippen LogP) is 5.41. The third-order valence-corrected chi connectivity index (χ3v) is 10.9. The minimum atomic E-state index is -1.61. The number of carboxylic acids is 2. The fourth-order valence-electron chi connectivity index (χ4n) is 6.95. The number of aliphatic hydroxyl groups excluding tert-OH is 1. The van der Waals surface area contributed by atoms with E-state index in [-0.39, 0.29) is 32.6 Å². The van der Waals surface area contributed by atoms with Gasteiger partial charge < -0.3 is 39.7 Å². The van der Waals surface area contributed by atoms with Crippen LogP contribution in [0.2, 0.25) is 10.0 Å². The molecule has 6 rings (SSSR count). The first-order valence-electron chi connectivity index (χ1n) is 17.9. The number of fused-ring (bicyclic) bond motifs is 1. The number of ether oxygens (including phenoxy) is 2. The number of carboxylic acid groups (broad SMARTS) is 2. The van der Waals surface area contributed by atoms with Gasteiger partial charge in [0, 0.05) is 79.1 Å². The maximum atomic E-state index is 11.5. The lowest BCUT2D eigenvalue weighted by molar-refractivity contribution is -0.163. The standard InChI is InChI=1S/C40H44Cl2N4O8/c41-32-19-28(22-44-33(23-47)38(48)49)35(53-24-26-5-3-13-43-21-26)20-36(32)54-25-27-6-1-8-31(37(27)42)29-7-2-9-34-30(29)10-16-46(34)15-4-14-45-17-11-40(52,12-18-45)39(50)51/h1-3,5-9,13,19-21,33,44,47,52H,4,10-12,14-18,22-25H2,(H,48,49)(H,50,51). The van der Waals surface area contributed by atoms with Gasteiger partial charge in [-0.2, -0.15) is 0 Å². The van der Waals surface area contributed by atoms with Crippen LogP contribution in [0.1, 0.15) is 41.5 Å². The van der Waals surface area contributed by atoms with E-state index in [1.165, 1.54) is 11.3 Å². The second kappa shape index (κ2) is 17.8. The van der Waals surface area contributed by atoms with E-state index in [0.717, 1.165) is 54.7 Å². The normalized spacial score (nSPS) is 15.8. The number of hydrogen-bond donors (Lipinski definition) is 5. The number of nitrogens with one attached hydrogen (secondary N) is 1. The van der Waals surface area contributed by atoms with Crippen molar-refractivity contribution in [2.75, 3.05) is 44.2 Å². The van der Waals surface area contributed by atoms with Gasteiger partial charge in [0.25, 0.3) is 0 Å². The zero-order valence-corrected chi connectivity index (χ0v) is 31.2. The zero-order chi connectivity index (χ0) is 38.2. The Morgan fingerprint density at radius 1 is 0.907 bits per heavy atom. The molecule has 0 saturated carbocycles. The highest BCUT2D eigenvalue weighted by Gasteiger charge is 2.39. The van der Waals surface area contributed by atoms with Crippen molar-refractivity contribution in [3.63, 3.8) is 0 Å². The highest BCUT2D eigenvalue weighted by atomic mass is 35.5. The lowest BCUT2D eigenvalue weighted by atomic mass is 9.91. The quantitative estimate of drug-likeness (QED) is 0.0927. The van der Waals surface area contributed by atoms with Crippen LogP contribution in [-0.2, 0) is 35.8 Å². The first-order chi connectivity index (χ1) is 26.1. The molecule has 0 amide bonds.